The average molecular weight is 1560 g/mol. The Morgan fingerprint density at radius 1 is 0.536 bits per heavy atom. The number of carboxylic acid groups (broad SMARTS) is 1. The number of hydrogen-bond acceptors (Lipinski definition) is 20. The number of nitrogens with two attached hydrogens (primary N) is 5. The number of primary amides is 1. The molecule has 3 aromatic rings. The second kappa shape index (κ2) is 45.9. The molecule has 39 nitrogen and oxygen atoms in total. The number of guanidine groups is 3. The largest absolute Gasteiger partial charge is 0.508 e. The van der Waals surface area contributed by atoms with Crippen LogP contribution in [0, 0.1) is 22.1 Å². The molecule has 40 heteroatoms. The summed E-state index contributed by atoms with van der Waals surface area (Å²) in [6.07, 6.45) is -1.29. The number of phenols is 1. The highest BCUT2D eigenvalue weighted by Crippen LogP contribution is 2.24. The predicted molar refractivity (Wildman–Crippen MR) is 406 cm³/mol. The zero-order valence-corrected chi connectivity index (χ0v) is 62.3. The van der Waals surface area contributed by atoms with Crippen molar-refractivity contribution in [1.82, 2.24) is 79.3 Å². The molecule has 0 spiro atoms. The fourth-order valence-electron chi connectivity index (χ4n) is 12.1. The summed E-state index contributed by atoms with van der Waals surface area (Å²) in [7, 11) is 0. The molecule has 2 saturated heterocycles. The zero-order chi connectivity index (χ0) is 81.0. The third-order valence-electron chi connectivity index (χ3n) is 17.6. The first-order valence-electron chi connectivity index (χ1n) is 36.2. The molecule has 110 heavy (non-hydrogen) atoms. The third kappa shape index (κ3) is 31.3. The second-order valence-electron chi connectivity index (χ2n) is 26.9. The van der Waals surface area contributed by atoms with Gasteiger partial charge in [-0.2, -0.15) is 0 Å². The molecule has 2 aliphatic rings. The van der Waals surface area contributed by atoms with E-state index in [0.29, 0.717) is 22.9 Å². The summed E-state index contributed by atoms with van der Waals surface area (Å²) in [6.45, 7) is 2.03. The van der Waals surface area contributed by atoms with E-state index in [2.05, 4.69) is 74.4 Å². The zero-order valence-electron chi connectivity index (χ0n) is 61.5. The molecule has 2 fully saturated rings. The molecule has 0 saturated carbocycles. The molecule has 29 N–H and O–H groups in total. The van der Waals surface area contributed by atoms with Crippen molar-refractivity contribution in [3.63, 3.8) is 0 Å². The van der Waals surface area contributed by atoms with E-state index in [1.807, 2.05) is 12.1 Å². The Morgan fingerprint density at radius 2 is 1.03 bits per heavy atom. The summed E-state index contributed by atoms with van der Waals surface area (Å²) in [5.41, 5.74) is 29.1. The monoisotopic (exact) mass is 1560 g/mol. The number of hydrogen-bond donors (Lipinski definition) is 24. The van der Waals surface area contributed by atoms with Crippen LogP contribution in [0.4, 0.5) is 0 Å². The van der Waals surface area contributed by atoms with Crippen LogP contribution in [0.5, 0.6) is 5.75 Å². The lowest BCUT2D eigenvalue weighted by Gasteiger charge is -2.31. The number of fused-ring (bicyclic) bond motifs is 2. The fourth-order valence-corrected chi connectivity index (χ4v) is 13.0. The molecule has 3 aromatic carbocycles. The summed E-state index contributed by atoms with van der Waals surface area (Å²) in [6, 6.07) is 3.00. The summed E-state index contributed by atoms with van der Waals surface area (Å²) in [5, 5.41) is 80.7. The van der Waals surface area contributed by atoms with Crippen molar-refractivity contribution in [3.8, 4) is 5.75 Å². The van der Waals surface area contributed by atoms with Gasteiger partial charge in [-0.25, -0.2) is 0 Å². The lowest BCUT2D eigenvalue weighted by atomic mass is 9.97. The van der Waals surface area contributed by atoms with E-state index in [0.717, 1.165) is 17.1 Å². The van der Waals surface area contributed by atoms with E-state index in [-0.39, 0.29) is 134 Å². The molecule has 2 heterocycles. The topological polar surface area (TPSA) is 653 Å². The van der Waals surface area contributed by atoms with Gasteiger partial charge < -0.3 is 118 Å². The van der Waals surface area contributed by atoms with Gasteiger partial charge in [-0.1, -0.05) is 68.4 Å². The van der Waals surface area contributed by atoms with E-state index < -0.39 is 186 Å². The molecule has 13 amide bonds. The number of amides is 13. The molecule has 602 valence electrons. The minimum Gasteiger partial charge on any atom is -0.508 e. The van der Waals surface area contributed by atoms with Gasteiger partial charge in [-0.15, -0.1) is 11.8 Å². The van der Waals surface area contributed by atoms with Gasteiger partial charge in [-0.3, -0.25) is 83.4 Å². The number of benzene rings is 3. The van der Waals surface area contributed by atoms with Crippen LogP contribution in [-0.2, 0) is 80.0 Å². The van der Waals surface area contributed by atoms with Crippen LogP contribution >= 0.6 is 11.8 Å². The quantitative estimate of drug-likeness (QED) is 0.0214. The van der Waals surface area contributed by atoms with Gasteiger partial charge in [0.05, 0.1) is 25.3 Å². The van der Waals surface area contributed by atoms with Crippen LogP contribution in [0.1, 0.15) is 108 Å². The van der Waals surface area contributed by atoms with E-state index in [1.165, 1.54) is 29.2 Å². The number of nitrogens with zero attached hydrogens (tertiary/aromatic N) is 1. The SMILES string of the molecule is CC(C)C[C@@H]1NC(=O)[C@H](Cc2ccc(O)cc2)NC(=O)CSC[C@@H](C(N)=O)NC(=O)CNC(=O)CNC(=O)[C@H](CCCNC(=N)N)NC(=O)[C@H](CC(=O)O)NC(=O)[C@H](CCCCN)NC(=O)[C@@H]2CCCN2C(=O)[C@H](CCCNC(=N)N)NC(=O)[C@H](Cc2cccc3ccccc23)NC(=O)[C@H](CCCNC(=N)N)NC1=O. The van der Waals surface area contributed by atoms with Crippen LogP contribution in [0.15, 0.2) is 66.7 Å². The van der Waals surface area contributed by atoms with E-state index in [4.69, 9.17) is 44.9 Å². The van der Waals surface area contributed by atoms with E-state index in [1.54, 1.807) is 44.2 Å². The van der Waals surface area contributed by atoms with Crippen LogP contribution in [0.2, 0.25) is 0 Å². The van der Waals surface area contributed by atoms with Crippen molar-refractivity contribution in [2.75, 3.05) is 57.3 Å². The highest BCUT2D eigenvalue weighted by atomic mass is 32.2. The van der Waals surface area contributed by atoms with Crippen LogP contribution < -0.4 is 103 Å². The van der Waals surface area contributed by atoms with Crippen LogP contribution in [0.3, 0.4) is 0 Å². The maximum Gasteiger partial charge on any atom is 0.305 e. The number of thioether (sulfide) groups is 1. The van der Waals surface area contributed by atoms with E-state index in [9.17, 15) is 63.0 Å². The first-order valence-corrected chi connectivity index (χ1v) is 37.3. The van der Waals surface area contributed by atoms with Crippen molar-refractivity contribution >= 4 is 123 Å². The third-order valence-corrected chi connectivity index (χ3v) is 18.7. The Hall–Kier alpha value is -11.6. The molecule has 5 rings (SSSR count). The van der Waals surface area contributed by atoms with Crippen LogP contribution in [0.25, 0.3) is 10.8 Å². The Morgan fingerprint density at radius 3 is 1.61 bits per heavy atom. The van der Waals surface area contributed by atoms with Gasteiger partial charge in [0.2, 0.25) is 76.8 Å². The molecule has 10 atom stereocenters. The number of carboxylic acids is 1. The number of nitrogens with one attached hydrogen (secondary N) is 17. The Balaban J connectivity index is 1.61. The number of phenolic OH excluding ortho intramolecular Hbond substituents is 1. The maximum atomic E-state index is 15.4. The lowest BCUT2D eigenvalue weighted by molar-refractivity contribution is -0.143. The lowest BCUT2D eigenvalue weighted by Crippen LogP contribution is -2.61. The standard InChI is InChI=1S/C70H105N23O16S/c1-38(2)30-48-62(104)87-46(18-9-27-80-69(75)76)61(103)91-50(32-41-14-7-13-40-12-3-4-15-43(40)41)64(106)89-47(19-10-28-81-70(77)78)67(109)93-29-11-20-53(93)66(108)88-45(16-5-6-25-71)60(102)92-51(33-57(98)99)65(107)86-44(17-8-26-79-68(73)74)59(101)83-34-54(95)82-35-55(96)85-52(58(72)100)36-110-37-56(97)84-49(63(105)90-48)31-39-21-23-42(94)24-22-39/h3-4,7,12-15,21-24,38,44-53,94H,5-6,8-11,16-20,25-37,71H2,1-2H3,(H2,72,100)(H,82,95)(H,83,101)(H,84,97)(H,85,96)(H,86,107)(H,87,104)(H,88,108)(H,89,106)(H,90,105)(H,91,103)(H,92,102)(H,98,99)(H4,73,74,79)(H4,75,76,80)(H4,77,78,81)/t44-,45-,46-,47-,48-,49-,50-,51-,52-,53-/m0/s1. The minimum absolute atomic E-state index is 0.0139. The van der Waals surface area contributed by atoms with Gasteiger partial charge in [0.1, 0.15) is 66.2 Å². The summed E-state index contributed by atoms with van der Waals surface area (Å²) >= 11 is 0.807. The summed E-state index contributed by atoms with van der Waals surface area (Å²) in [5.74, 6) is -16.3. The molecule has 2 aliphatic heterocycles. The van der Waals surface area contributed by atoms with E-state index >= 15 is 14.4 Å². The normalized spacial score (nSPS) is 22.7. The highest BCUT2D eigenvalue weighted by Gasteiger charge is 2.41. The number of carbonyl (C=O) groups excluding carboxylic acids is 13. The highest BCUT2D eigenvalue weighted by molar-refractivity contribution is 8.00. The maximum absolute atomic E-state index is 15.4. The van der Waals surface area contributed by atoms with Gasteiger partial charge in [0.25, 0.3) is 0 Å². The fraction of sp³-hybridized carbons (Fsp3) is 0.529. The van der Waals surface area contributed by atoms with Crippen molar-refractivity contribution < 1.29 is 77.3 Å². The first-order chi connectivity index (χ1) is 52.3. The number of aliphatic carboxylic acids is 1. The van der Waals surface area contributed by atoms with Gasteiger partial charge in [0.15, 0.2) is 17.9 Å². The van der Waals surface area contributed by atoms with Crippen molar-refractivity contribution in [2.45, 2.75) is 171 Å². The van der Waals surface area contributed by atoms with Crippen LogP contribution in [-0.4, -0.2) is 233 Å². The summed E-state index contributed by atoms with van der Waals surface area (Å²) in [4.78, 5) is 199. The predicted octanol–water partition coefficient (Wildman–Crippen LogP) is -5.41. The second-order valence-corrected chi connectivity index (χ2v) is 28.0. The number of rotatable bonds is 25. The van der Waals surface area contributed by atoms with Crippen molar-refractivity contribution in [3.05, 3.63) is 77.9 Å². The molecule has 0 unspecified atom stereocenters. The Labute approximate surface area is 639 Å². The number of carbonyl (C=O) groups is 14. The Bertz CT molecular complexity index is 3750. The molecule has 0 radical (unpaired) electrons. The van der Waals surface area contributed by atoms with Gasteiger partial charge >= 0.3 is 5.97 Å². The Kier molecular flexibility index (Phi) is 37.2. The van der Waals surface area contributed by atoms with Gasteiger partial charge in [-0.05, 0) is 124 Å². The first kappa shape index (κ1) is 89.0. The molecule has 0 aromatic heterocycles. The summed E-state index contributed by atoms with van der Waals surface area (Å²) < 4.78 is 0. The smallest absolute Gasteiger partial charge is 0.305 e. The van der Waals surface area contributed by atoms with Crippen molar-refractivity contribution in [2.24, 2.45) is 34.6 Å². The van der Waals surface area contributed by atoms with Gasteiger partial charge in [0, 0.05) is 44.8 Å². The minimum atomic E-state index is -1.93. The van der Waals surface area contributed by atoms with Crippen molar-refractivity contribution in [1.29, 1.82) is 16.2 Å². The molecule has 0 bridgehead atoms. The molecule has 0 aliphatic carbocycles. The average Bonchev–Trinajstić information content (AvgIpc) is 1.38. The molecular weight excluding hydrogens is 1450 g/mol. The molecular formula is C70H105N23O16S. The number of unbranched alkanes of at least 4 members (excludes halogenated alkanes) is 1. The number of aromatic hydroxyl groups is 1.